The molecule has 0 atom stereocenters. The Bertz CT molecular complexity index is 980. The third-order valence-electron chi connectivity index (χ3n) is 5.17. The van der Waals surface area contributed by atoms with Crippen molar-refractivity contribution in [3.63, 3.8) is 0 Å². The highest BCUT2D eigenvalue weighted by atomic mass is 32.2. The molecule has 2 aromatic carbocycles. The van der Waals surface area contributed by atoms with Crippen LogP contribution in [-0.2, 0) is 14.8 Å². The van der Waals surface area contributed by atoms with E-state index in [2.05, 4.69) is 5.32 Å². The summed E-state index contributed by atoms with van der Waals surface area (Å²) >= 11 is 0. The molecule has 7 heteroatoms. The second-order valence-corrected chi connectivity index (χ2v) is 9.05. The van der Waals surface area contributed by atoms with E-state index in [1.54, 1.807) is 6.08 Å². The quantitative estimate of drug-likeness (QED) is 0.791. The second-order valence-electron chi connectivity index (χ2n) is 7.23. The molecule has 1 heterocycles. The Morgan fingerprint density at radius 1 is 1.00 bits per heavy atom. The molecule has 0 bridgehead atoms. The standard InChI is InChI=1S/C22H27N3O3S/c1-18-7-6-10-21(19(18)2)23-22(26)17-24-12-14-25(15-13-24)29(27,28)16-11-20-8-4-3-5-9-20/h3-11,16H,12-15,17H2,1-2H3,(H,23,26). The summed E-state index contributed by atoms with van der Waals surface area (Å²) in [5.41, 5.74) is 3.85. The Balaban J connectivity index is 1.51. The number of piperazine rings is 1. The van der Waals surface area contributed by atoms with E-state index in [9.17, 15) is 13.2 Å². The zero-order valence-corrected chi connectivity index (χ0v) is 17.7. The summed E-state index contributed by atoms with van der Waals surface area (Å²) in [6, 6.07) is 15.2. The average Bonchev–Trinajstić information content (AvgIpc) is 2.71. The number of anilines is 1. The third-order valence-corrected chi connectivity index (χ3v) is 6.73. The van der Waals surface area contributed by atoms with Crippen LogP contribution in [-0.4, -0.2) is 56.3 Å². The van der Waals surface area contributed by atoms with Crippen LogP contribution in [0.15, 0.2) is 53.9 Å². The Labute approximate surface area is 172 Å². The Hall–Kier alpha value is -2.48. The molecule has 1 aliphatic rings. The summed E-state index contributed by atoms with van der Waals surface area (Å²) in [6.07, 6.45) is 1.61. The predicted octanol–water partition coefficient (Wildman–Crippen LogP) is 2.86. The van der Waals surface area contributed by atoms with E-state index in [1.165, 1.54) is 9.71 Å². The van der Waals surface area contributed by atoms with Crippen LogP contribution in [0.3, 0.4) is 0 Å². The van der Waals surface area contributed by atoms with Gasteiger partial charge in [0.25, 0.3) is 0 Å². The van der Waals surface area contributed by atoms with Gasteiger partial charge < -0.3 is 5.32 Å². The molecule has 6 nitrogen and oxygen atoms in total. The highest BCUT2D eigenvalue weighted by Gasteiger charge is 2.26. The molecular weight excluding hydrogens is 386 g/mol. The number of carbonyl (C=O) groups is 1. The van der Waals surface area contributed by atoms with E-state index in [-0.39, 0.29) is 12.5 Å². The Morgan fingerprint density at radius 3 is 2.38 bits per heavy atom. The van der Waals surface area contributed by atoms with Crippen LogP contribution in [0, 0.1) is 13.8 Å². The number of benzene rings is 2. The first kappa shape index (κ1) is 21.2. The molecule has 0 unspecified atom stereocenters. The zero-order chi connectivity index (χ0) is 20.9. The van der Waals surface area contributed by atoms with Crippen molar-refractivity contribution in [1.29, 1.82) is 0 Å². The van der Waals surface area contributed by atoms with Gasteiger partial charge >= 0.3 is 0 Å². The number of nitrogens with one attached hydrogen (secondary N) is 1. The molecule has 1 fully saturated rings. The van der Waals surface area contributed by atoms with Crippen LogP contribution in [0.5, 0.6) is 0 Å². The molecule has 1 amide bonds. The molecule has 29 heavy (non-hydrogen) atoms. The minimum absolute atomic E-state index is 0.0843. The molecule has 0 radical (unpaired) electrons. The summed E-state index contributed by atoms with van der Waals surface area (Å²) < 4.78 is 26.5. The minimum atomic E-state index is -3.47. The highest BCUT2D eigenvalue weighted by Crippen LogP contribution is 2.18. The van der Waals surface area contributed by atoms with E-state index in [0.717, 1.165) is 22.4 Å². The topological polar surface area (TPSA) is 69.7 Å². The van der Waals surface area contributed by atoms with Gasteiger partial charge in [-0.25, -0.2) is 8.42 Å². The van der Waals surface area contributed by atoms with E-state index in [4.69, 9.17) is 0 Å². The first-order chi connectivity index (χ1) is 13.8. The molecule has 0 aromatic heterocycles. The Morgan fingerprint density at radius 2 is 1.69 bits per heavy atom. The van der Waals surface area contributed by atoms with Crippen LogP contribution in [0.25, 0.3) is 6.08 Å². The normalized spacial score (nSPS) is 16.2. The van der Waals surface area contributed by atoms with Crippen LogP contribution >= 0.6 is 0 Å². The van der Waals surface area contributed by atoms with Crippen molar-refractivity contribution < 1.29 is 13.2 Å². The smallest absolute Gasteiger partial charge is 0.238 e. The lowest BCUT2D eigenvalue weighted by Crippen LogP contribution is -2.49. The number of rotatable bonds is 6. The minimum Gasteiger partial charge on any atom is -0.325 e. The molecule has 1 saturated heterocycles. The van der Waals surface area contributed by atoms with Crippen LogP contribution < -0.4 is 5.32 Å². The molecule has 3 rings (SSSR count). The first-order valence-corrected chi connectivity index (χ1v) is 11.2. The molecule has 0 spiro atoms. The second kappa shape index (κ2) is 9.35. The monoisotopic (exact) mass is 413 g/mol. The van der Waals surface area contributed by atoms with Crippen LogP contribution in [0.2, 0.25) is 0 Å². The third kappa shape index (κ3) is 5.76. The lowest BCUT2D eigenvalue weighted by Gasteiger charge is -2.32. The number of hydrogen-bond donors (Lipinski definition) is 1. The Kier molecular flexibility index (Phi) is 6.84. The van der Waals surface area contributed by atoms with E-state index < -0.39 is 10.0 Å². The summed E-state index contributed by atoms with van der Waals surface area (Å²) in [4.78, 5) is 14.4. The van der Waals surface area contributed by atoms with Gasteiger partial charge in [-0.05, 0) is 42.7 Å². The van der Waals surface area contributed by atoms with Gasteiger partial charge in [-0.1, -0.05) is 42.5 Å². The summed E-state index contributed by atoms with van der Waals surface area (Å²) in [5.74, 6) is -0.0843. The molecule has 154 valence electrons. The summed E-state index contributed by atoms with van der Waals surface area (Å²) in [5, 5.41) is 4.21. The molecule has 0 aliphatic carbocycles. The van der Waals surface area contributed by atoms with Crippen molar-refractivity contribution in [2.75, 3.05) is 38.0 Å². The molecule has 1 aliphatic heterocycles. The zero-order valence-electron chi connectivity index (χ0n) is 16.8. The maximum absolute atomic E-state index is 12.5. The lowest BCUT2D eigenvalue weighted by molar-refractivity contribution is -0.117. The van der Waals surface area contributed by atoms with Crippen molar-refractivity contribution in [3.05, 3.63) is 70.6 Å². The van der Waals surface area contributed by atoms with Gasteiger partial charge in [0.2, 0.25) is 15.9 Å². The van der Waals surface area contributed by atoms with Crippen molar-refractivity contribution in [3.8, 4) is 0 Å². The number of carbonyl (C=O) groups excluding carboxylic acids is 1. The van der Waals surface area contributed by atoms with Gasteiger partial charge in [-0.15, -0.1) is 0 Å². The van der Waals surface area contributed by atoms with Gasteiger partial charge in [-0.3, -0.25) is 9.69 Å². The van der Waals surface area contributed by atoms with Gasteiger partial charge in [0, 0.05) is 37.3 Å². The molecule has 1 N–H and O–H groups in total. The average molecular weight is 414 g/mol. The fourth-order valence-corrected chi connectivity index (χ4v) is 4.41. The largest absolute Gasteiger partial charge is 0.325 e. The SMILES string of the molecule is Cc1cccc(NC(=O)CN2CCN(S(=O)(=O)C=Cc3ccccc3)CC2)c1C. The number of amides is 1. The molecule has 0 saturated carbocycles. The maximum Gasteiger partial charge on any atom is 0.238 e. The van der Waals surface area contributed by atoms with Gasteiger partial charge in [0.15, 0.2) is 0 Å². The molecule has 2 aromatic rings. The summed E-state index contributed by atoms with van der Waals surface area (Å²) in [6.45, 7) is 6.04. The van der Waals surface area contributed by atoms with Gasteiger partial charge in [0.05, 0.1) is 6.54 Å². The van der Waals surface area contributed by atoms with Gasteiger partial charge in [0.1, 0.15) is 0 Å². The summed E-state index contributed by atoms with van der Waals surface area (Å²) in [7, 11) is -3.47. The maximum atomic E-state index is 12.5. The highest BCUT2D eigenvalue weighted by molar-refractivity contribution is 7.92. The number of sulfonamides is 1. The van der Waals surface area contributed by atoms with Crippen LogP contribution in [0.4, 0.5) is 5.69 Å². The van der Waals surface area contributed by atoms with Crippen molar-refractivity contribution in [2.45, 2.75) is 13.8 Å². The van der Waals surface area contributed by atoms with Gasteiger partial charge in [-0.2, -0.15) is 4.31 Å². The predicted molar refractivity (Wildman–Crippen MR) is 117 cm³/mol. The fourth-order valence-electron chi connectivity index (χ4n) is 3.24. The van der Waals surface area contributed by atoms with Crippen molar-refractivity contribution >= 4 is 27.7 Å². The fraction of sp³-hybridized carbons (Fsp3) is 0.318. The number of hydrogen-bond acceptors (Lipinski definition) is 4. The number of aryl methyl sites for hydroxylation is 1. The van der Waals surface area contributed by atoms with E-state index in [0.29, 0.717) is 26.2 Å². The van der Waals surface area contributed by atoms with E-state index in [1.807, 2.05) is 67.3 Å². The van der Waals surface area contributed by atoms with E-state index >= 15 is 0 Å². The first-order valence-electron chi connectivity index (χ1n) is 9.67. The van der Waals surface area contributed by atoms with Crippen molar-refractivity contribution in [1.82, 2.24) is 9.21 Å². The lowest BCUT2D eigenvalue weighted by atomic mass is 10.1. The van der Waals surface area contributed by atoms with Crippen molar-refractivity contribution in [2.24, 2.45) is 0 Å². The number of nitrogens with zero attached hydrogens (tertiary/aromatic N) is 2. The van der Waals surface area contributed by atoms with Crippen LogP contribution in [0.1, 0.15) is 16.7 Å². The molecular formula is C22H27N3O3S.